The lowest BCUT2D eigenvalue weighted by molar-refractivity contribution is 0.0692. The smallest absolute Gasteiger partial charge is 0.340 e. The number of carboxylic acid groups (broad SMARTS) is 1. The minimum Gasteiger partial charge on any atom is -0.490 e. The van der Waals surface area contributed by atoms with Gasteiger partial charge >= 0.3 is 5.97 Å². The van der Waals surface area contributed by atoms with E-state index in [1.807, 2.05) is 37.3 Å². The van der Waals surface area contributed by atoms with Crippen molar-refractivity contribution in [2.24, 2.45) is 0 Å². The number of hydrogen-bond donors (Lipinski definition) is 1. The lowest BCUT2D eigenvalue weighted by Gasteiger charge is -2.16. The molecule has 0 saturated carbocycles. The first-order valence-corrected chi connectivity index (χ1v) is 6.55. The highest BCUT2D eigenvalue weighted by atomic mass is 16.5. The number of rotatable bonds is 5. The predicted molar refractivity (Wildman–Crippen MR) is 75.9 cm³/mol. The van der Waals surface area contributed by atoms with Crippen LogP contribution in [0.15, 0.2) is 36.4 Å². The van der Waals surface area contributed by atoms with Crippen molar-refractivity contribution >= 4 is 16.7 Å². The van der Waals surface area contributed by atoms with Gasteiger partial charge in [-0.3, -0.25) is 0 Å². The fourth-order valence-corrected chi connectivity index (χ4v) is 2.25. The Labute approximate surface area is 112 Å². The Bertz CT molecular complexity index is 590. The Hall–Kier alpha value is -2.03. The minimum absolute atomic E-state index is 0.0178. The molecule has 3 heteroatoms. The maximum absolute atomic E-state index is 11.5. The summed E-state index contributed by atoms with van der Waals surface area (Å²) < 4.78 is 5.77. The SMILES string of the molecule is CCCC(C)Oc1ccc2ccccc2c1C(=O)O. The van der Waals surface area contributed by atoms with Gasteiger partial charge in [0.05, 0.1) is 6.10 Å². The maximum atomic E-state index is 11.5. The highest BCUT2D eigenvalue weighted by Gasteiger charge is 2.17. The van der Waals surface area contributed by atoms with E-state index in [9.17, 15) is 9.90 Å². The Morgan fingerprint density at radius 3 is 2.68 bits per heavy atom. The fourth-order valence-electron chi connectivity index (χ4n) is 2.25. The van der Waals surface area contributed by atoms with Crippen LogP contribution in [0.2, 0.25) is 0 Å². The lowest BCUT2D eigenvalue weighted by atomic mass is 10.0. The van der Waals surface area contributed by atoms with E-state index in [0.29, 0.717) is 5.75 Å². The molecule has 2 aromatic carbocycles. The van der Waals surface area contributed by atoms with Crippen molar-refractivity contribution in [3.05, 3.63) is 42.0 Å². The van der Waals surface area contributed by atoms with Gasteiger partial charge in [-0.2, -0.15) is 0 Å². The average Bonchev–Trinajstić information content (AvgIpc) is 2.38. The van der Waals surface area contributed by atoms with Gasteiger partial charge in [0.2, 0.25) is 0 Å². The molecule has 0 heterocycles. The summed E-state index contributed by atoms with van der Waals surface area (Å²) in [6.07, 6.45) is 1.94. The zero-order valence-corrected chi connectivity index (χ0v) is 11.2. The molecule has 0 aliphatic rings. The summed E-state index contributed by atoms with van der Waals surface area (Å²) in [5.74, 6) is -0.498. The van der Waals surface area contributed by atoms with Crippen molar-refractivity contribution in [2.45, 2.75) is 32.8 Å². The quantitative estimate of drug-likeness (QED) is 0.878. The van der Waals surface area contributed by atoms with E-state index in [-0.39, 0.29) is 11.7 Å². The third-order valence-electron chi connectivity index (χ3n) is 3.13. The highest BCUT2D eigenvalue weighted by molar-refractivity contribution is 6.06. The maximum Gasteiger partial charge on any atom is 0.340 e. The van der Waals surface area contributed by atoms with E-state index in [1.54, 1.807) is 6.07 Å². The van der Waals surface area contributed by atoms with Crippen molar-refractivity contribution in [1.29, 1.82) is 0 Å². The van der Waals surface area contributed by atoms with Crippen LogP contribution in [0.1, 0.15) is 37.0 Å². The highest BCUT2D eigenvalue weighted by Crippen LogP contribution is 2.29. The van der Waals surface area contributed by atoms with Crippen LogP contribution >= 0.6 is 0 Å². The van der Waals surface area contributed by atoms with Crippen molar-refractivity contribution in [2.75, 3.05) is 0 Å². The lowest BCUT2D eigenvalue weighted by Crippen LogP contribution is -2.13. The molecule has 0 bridgehead atoms. The van der Waals surface area contributed by atoms with Crippen LogP contribution in [0, 0.1) is 0 Å². The third kappa shape index (κ3) is 2.87. The van der Waals surface area contributed by atoms with Crippen LogP contribution in [0.5, 0.6) is 5.75 Å². The molecule has 19 heavy (non-hydrogen) atoms. The zero-order chi connectivity index (χ0) is 13.8. The molecule has 2 aromatic rings. The predicted octanol–water partition coefficient (Wildman–Crippen LogP) is 4.11. The van der Waals surface area contributed by atoms with Gasteiger partial charge < -0.3 is 9.84 Å². The van der Waals surface area contributed by atoms with Crippen LogP contribution in [0.4, 0.5) is 0 Å². The average molecular weight is 258 g/mol. The van der Waals surface area contributed by atoms with Crippen LogP contribution < -0.4 is 4.74 Å². The number of hydrogen-bond acceptors (Lipinski definition) is 2. The second-order valence-corrected chi connectivity index (χ2v) is 4.68. The van der Waals surface area contributed by atoms with Crippen LogP contribution in [-0.4, -0.2) is 17.2 Å². The summed E-state index contributed by atoms with van der Waals surface area (Å²) in [6, 6.07) is 11.1. The van der Waals surface area contributed by atoms with Gasteiger partial charge in [0.25, 0.3) is 0 Å². The van der Waals surface area contributed by atoms with Crippen molar-refractivity contribution < 1.29 is 14.6 Å². The molecule has 0 saturated heterocycles. The molecule has 3 nitrogen and oxygen atoms in total. The number of aromatic carboxylic acids is 1. The van der Waals surface area contributed by atoms with Crippen LogP contribution in [0.25, 0.3) is 10.8 Å². The molecular formula is C16H18O3. The largest absolute Gasteiger partial charge is 0.490 e. The first-order valence-electron chi connectivity index (χ1n) is 6.55. The Kier molecular flexibility index (Phi) is 4.05. The van der Waals surface area contributed by atoms with E-state index >= 15 is 0 Å². The molecule has 0 aromatic heterocycles. The molecule has 2 rings (SSSR count). The van der Waals surface area contributed by atoms with E-state index in [4.69, 9.17) is 4.74 Å². The standard InChI is InChI=1S/C16H18O3/c1-3-6-11(2)19-14-10-9-12-7-4-5-8-13(12)15(14)16(17)18/h4-5,7-11H,3,6H2,1-2H3,(H,17,18). The van der Waals surface area contributed by atoms with Gasteiger partial charge in [-0.05, 0) is 30.2 Å². The first-order chi connectivity index (χ1) is 9.13. The van der Waals surface area contributed by atoms with Crippen LogP contribution in [0.3, 0.4) is 0 Å². The summed E-state index contributed by atoms with van der Waals surface area (Å²) in [6.45, 7) is 4.04. The number of fused-ring (bicyclic) bond motifs is 1. The summed E-state index contributed by atoms with van der Waals surface area (Å²) in [5.41, 5.74) is 0.251. The minimum atomic E-state index is -0.949. The topological polar surface area (TPSA) is 46.5 Å². The van der Waals surface area contributed by atoms with Gasteiger partial charge in [-0.15, -0.1) is 0 Å². The zero-order valence-electron chi connectivity index (χ0n) is 11.2. The van der Waals surface area contributed by atoms with E-state index in [0.717, 1.165) is 23.6 Å². The monoisotopic (exact) mass is 258 g/mol. The van der Waals surface area contributed by atoms with E-state index in [2.05, 4.69) is 6.92 Å². The van der Waals surface area contributed by atoms with Gasteiger partial charge in [0.1, 0.15) is 11.3 Å². The normalized spacial score (nSPS) is 12.3. The third-order valence-corrected chi connectivity index (χ3v) is 3.13. The van der Waals surface area contributed by atoms with Gasteiger partial charge in [-0.1, -0.05) is 43.7 Å². The van der Waals surface area contributed by atoms with Crippen molar-refractivity contribution in [3.8, 4) is 5.75 Å². The molecular weight excluding hydrogens is 240 g/mol. The Balaban J connectivity index is 2.49. The summed E-state index contributed by atoms with van der Waals surface area (Å²) >= 11 is 0. The molecule has 0 aliphatic carbocycles. The summed E-state index contributed by atoms with van der Waals surface area (Å²) in [7, 11) is 0. The number of ether oxygens (including phenoxy) is 1. The molecule has 100 valence electrons. The number of benzene rings is 2. The van der Waals surface area contributed by atoms with E-state index in [1.165, 1.54) is 0 Å². The van der Waals surface area contributed by atoms with Gasteiger partial charge in [0, 0.05) is 0 Å². The molecule has 1 atom stereocenters. The Morgan fingerprint density at radius 2 is 2.00 bits per heavy atom. The molecule has 0 fully saturated rings. The molecule has 1 unspecified atom stereocenters. The molecule has 0 radical (unpaired) electrons. The second kappa shape index (κ2) is 5.74. The first kappa shape index (κ1) is 13.4. The molecule has 0 aliphatic heterocycles. The van der Waals surface area contributed by atoms with Crippen molar-refractivity contribution in [3.63, 3.8) is 0 Å². The number of carboxylic acids is 1. The van der Waals surface area contributed by atoms with E-state index < -0.39 is 5.97 Å². The Morgan fingerprint density at radius 1 is 1.26 bits per heavy atom. The molecule has 1 N–H and O–H groups in total. The van der Waals surface area contributed by atoms with Crippen molar-refractivity contribution in [1.82, 2.24) is 0 Å². The molecule has 0 spiro atoms. The van der Waals surface area contributed by atoms with Gasteiger partial charge in [0.15, 0.2) is 0 Å². The summed E-state index contributed by atoms with van der Waals surface area (Å²) in [4.78, 5) is 11.5. The fraction of sp³-hybridized carbons (Fsp3) is 0.312. The molecule has 0 amide bonds. The summed E-state index contributed by atoms with van der Waals surface area (Å²) in [5, 5.41) is 11.1. The second-order valence-electron chi connectivity index (χ2n) is 4.68. The van der Waals surface area contributed by atoms with Gasteiger partial charge in [-0.25, -0.2) is 4.79 Å². The number of carbonyl (C=O) groups is 1. The van der Waals surface area contributed by atoms with Crippen LogP contribution in [-0.2, 0) is 0 Å².